The summed E-state index contributed by atoms with van der Waals surface area (Å²) in [6.07, 6.45) is 3.51. The average Bonchev–Trinajstić information content (AvgIpc) is 2.78. The molecular formula is C25H27N3O. The molecule has 1 aliphatic rings. The van der Waals surface area contributed by atoms with Crippen LogP contribution in [0.5, 0.6) is 0 Å². The summed E-state index contributed by atoms with van der Waals surface area (Å²) < 4.78 is 0. The first-order valence-electron chi connectivity index (χ1n) is 10.3. The van der Waals surface area contributed by atoms with Gasteiger partial charge in [0.25, 0.3) is 0 Å². The number of amides is 1. The maximum absolute atomic E-state index is 12.6. The Morgan fingerprint density at radius 1 is 0.931 bits per heavy atom. The first-order valence-corrected chi connectivity index (χ1v) is 10.3. The molecule has 29 heavy (non-hydrogen) atoms. The van der Waals surface area contributed by atoms with Crippen LogP contribution in [0.15, 0.2) is 72.8 Å². The van der Waals surface area contributed by atoms with Crippen LogP contribution in [0, 0.1) is 0 Å². The predicted molar refractivity (Wildman–Crippen MR) is 122 cm³/mol. The molecule has 3 aromatic carbocycles. The van der Waals surface area contributed by atoms with Crippen LogP contribution in [0.4, 0.5) is 11.4 Å². The molecule has 1 fully saturated rings. The smallest absolute Gasteiger partial charge is 0.248 e. The van der Waals surface area contributed by atoms with Crippen LogP contribution in [0.25, 0.3) is 16.8 Å². The number of piperazine rings is 1. The van der Waals surface area contributed by atoms with Gasteiger partial charge in [-0.1, -0.05) is 61.5 Å². The summed E-state index contributed by atoms with van der Waals surface area (Å²) >= 11 is 0. The fourth-order valence-electron chi connectivity index (χ4n) is 3.90. The van der Waals surface area contributed by atoms with Crippen LogP contribution >= 0.6 is 0 Å². The summed E-state index contributed by atoms with van der Waals surface area (Å²) in [6.45, 7) is 7.36. The Labute approximate surface area is 172 Å². The molecule has 148 valence electrons. The Morgan fingerprint density at radius 2 is 1.66 bits per heavy atom. The zero-order valence-corrected chi connectivity index (χ0v) is 16.8. The molecule has 0 aromatic heterocycles. The van der Waals surface area contributed by atoms with Gasteiger partial charge in [0.15, 0.2) is 0 Å². The zero-order chi connectivity index (χ0) is 20.1. The molecule has 4 rings (SSSR count). The minimum Gasteiger partial charge on any atom is -0.367 e. The minimum absolute atomic E-state index is 0.113. The zero-order valence-electron chi connectivity index (χ0n) is 16.8. The van der Waals surface area contributed by atoms with Crippen molar-refractivity contribution in [3.63, 3.8) is 0 Å². The highest BCUT2D eigenvalue weighted by atomic mass is 16.1. The van der Waals surface area contributed by atoms with Crippen molar-refractivity contribution < 1.29 is 4.79 Å². The summed E-state index contributed by atoms with van der Waals surface area (Å²) in [5.74, 6) is -0.113. The number of hydrogen-bond acceptors (Lipinski definition) is 3. The lowest BCUT2D eigenvalue weighted by atomic mass is 10.0. The van der Waals surface area contributed by atoms with Crippen molar-refractivity contribution in [1.82, 2.24) is 4.90 Å². The maximum atomic E-state index is 12.6. The predicted octanol–water partition coefficient (Wildman–Crippen LogP) is 4.63. The second kappa shape index (κ2) is 8.93. The molecule has 3 aromatic rings. The van der Waals surface area contributed by atoms with Crippen LogP contribution in [0.2, 0.25) is 0 Å². The summed E-state index contributed by atoms with van der Waals surface area (Å²) in [5, 5.41) is 5.39. The molecule has 1 saturated heterocycles. The van der Waals surface area contributed by atoms with Gasteiger partial charge in [-0.3, -0.25) is 4.79 Å². The van der Waals surface area contributed by atoms with Crippen LogP contribution in [0.1, 0.15) is 12.5 Å². The molecular weight excluding hydrogens is 358 g/mol. The van der Waals surface area contributed by atoms with Gasteiger partial charge in [0.05, 0.1) is 11.4 Å². The van der Waals surface area contributed by atoms with Crippen LogP contribution < -0.4 is 10.2 Å². The first-order chi connectivity index (χ1) is 14.2. The molecule has 0 bridgehead atoms. The van der Waals surface area contributed by atoms with E-state index in [9.17, 15) is 4.79 Å². The third-order valence-electron chi connectivity index (χ3n) is 5.56. The number of likely N-dealkylation sites (N-methyl/N-ethyl adjacent to an activating group) is 1. The molecule has 4 heteroatoms. The molecule has 4 nitrogen and oxygen atoms in total. The van der Waals surface area contributed by atoms with E-state index in [0.29, 0.717) is 0 Å². The Balaban J connectivity index is 1.48. The molecule has 0 atom stereocenters. The lowest BCUT2D eigenvalue weighted by molar-refractivity contribution is -0.111. The summed E-state index contributed by atoms with van der Waals surface area (Å²) in [7, 11) is 0. The highest BCUT2D eigenvalue weighted by Crippen LogP contribution is 2.27. The van der Waals surface area contributed by atoms with E-state index in [1.165, 1.54) is 5.39 Å². The number of hydrogen-bond donors (Lipinski definition) is 1. The standard InChI is InChI=1S/C25H27N3O/c1-2-27-16-18-28(19-17-27)24-13-6-5-12-23(24)26-25(29)15-14-21-10-7-9-20-8-3-4-11-22(20)21/h3-15H,2,16-19H2,1H3,(H,26,29)/b15-14+. The number of rotatable bonds is 5. The molecule has 1 N–H and O–H groups in total. The molecule has 1 aliphatic heterocycles. The van der Waals surface area contributed by atoms with Gasteiger partial charge in [0.1, 0.15) is 0 Å². The van der Waals surface area contributed by atoms with Crippen molar-refractivity contribution in [2.45, 2.75) is 6.92 Å². The summed E-state index contributed by atoms with van der Waals surface area (Å²) in [4.78, 5) is 17.4. The van der Waals surface area contributed by atoms with E-state index in [2.05, 4.69) is 46.3 Å². The fourth-order valence-corrected chi connectivity index (χ4v) is 3.90. The average molecular weight is 386 g/mol. The van der Waals surface area contributed by atoms with E-state index in [0.717, 1.165) is 55.0 Å². The monoisotopic (exact) mass is 385 g/mol. The van der Waals surface area contributed by atoms with Crippen molar-refractivity contribution in [3.05, 3.63) is 78.4 Å². The SMILES string of the molecule is CCN1CCN(c2ccccc2NC(=O)/C=C/c2cccc3ccccc23)CC1. The molecule has 0 unspecified atom stereocenters. The van der Waals surface area contributed by atoms with Gasteiger partial charge in [-0.2, -0.15) is 0 Å². The van der Waals surface area contributed by atoms with Crippen molar-refractivity contribution in [1.29, 1.82) is 0 Å². The van der Waals surface area contributed by atoms with Crippen LogP contribution in [0.3, 0.4) is 0 Å². The third-order valence-corrected chi connectivity index (χ3v) is 5.56. The van der Waals surface area contributed by atoms with Gasteiger partial charge in [-0.25, -0.2) is 0 Å². The summed E-state index contributed by atoms with van der Waals surface area (Å²) in [5.41, 5.74) is 3.00. The van der Waals surface area contributed by atoms with E-state index < -0.39 is 0 Å². The topological polar surface area (TPSA) is 35.6 Å². The highest BCUT2D eigenvalue weighted by Gasteiger charge is 2.18. The van der Waals surface area contributed by atoms with Gasteiger partial charge < -0.3 is 15.1 Å². The van der Waals surface area contributed by atoms with Gasteiger partial charge in [-0.05, 0) is 41.1 Å². The Kier molecular flexibility index (Phi) is 5.92. The van der Waals surface area contributed by atoms with E-state index >= 15 is 0 Å². The number of carbonyl (C=O) groups is 1. The van der Waals surface area contributed by atoms with Gasteiger partial charge in [0, 0.05) is 32.3 Å². The Bertz CT molecular complexity index is 1010. The van der Waals surface area contributed by atoms with E-state index in [4.69, 9.17) is 0 Å². The molecule has 0 aliphatic carbocycles. The van der Waals surface area contributed by atoms with Crippen molar-refractivity contribution in [3.8, 4) is 0 Å². The lowest BCUT2D eigenvalue weighted by Crippen LogP contribution is -2.46. The number of nitrogens with one attached hydrogen (secondary N) is 1. The molecule has 0 saturated carbocycles. The number of anilines is 2. The van der Waals surface area contributed by atoms with Gasteiger partial charge >= 0.3 is 0 Å². The van der Waals surface area contributed by atoms with Crippen molar-refractivity contribution in [2.75, 3.05) is 42.9 Å². The third kappa shape index (κ3) is 4.49. The molecule has 1 heterocycles. The lowest BCUT2D eigenvalue weighted by Gasteiger charge is -2.36. The largest absolute Gasteiger partial charge is 0.367 e. The number of nitrogens with zero attached hydrogens (tertiary/aromatic N) is 2. The van der Waals surface area contributed by atoms with Gasteiger partial charge in [0.2, 0.25) is 5.91 Å². The number of benzene rings is 3. The van der Waals surface area contributed by atoms with E-state index in [1.54, 1.807) is 6.08 Å². The molecule has 0 radical (unpaired) electrons. The molecule has 1 amide bonds. The highest BCUT2D eigenvalue weighted by molar-refractivity contribution is 6.05. The van der Waals surface area contributed by atoms with Crippen LogP contribution in [-0.2, 0) is 4.79 Å². The first kappa shape index (κ1) is 19.2. The van der Waals surface area contributed by atoms with Crippen LogP contribution in [-0.4, -0.2) is 43.5 Å². The quantitative estimate of drug-likeness (QED) is 0.650. The van der Waals surface area contributed by atoms with Gasteiger partial charge in [-0.15, -0.1) is 0 Å². The van der Waals surface area contributed by atoms with E-state index in [1.807, 2.05) is 48.5 Å². The number of fused-ring (bicyclic) bond motifs is 1. The summed E-state index contributed by atoms with van der Waals surface area (Å²) in [6, 6.07) is 22.4. The van der Waals surface area contributed by atoms with Crippen molar-refractivity contribution >= 4 is 34.1 Å². The normalized spacial score (nSPS) is 15.1. The fraction of sp³-hybridized carbons (Fsp3) is 0.240. The second-order valence-electron chi connectivity index (χ2n) is 7.33. The minimum atomic E-state index is -0.113. The number of carbonyl (C=O) groups excluding carboxylic acids is 1. The Hall–Kier alpha value is -3.11. The second-order valence-corrected chi connectivity index (χ2v) is 7.33. The van der Waals surface area contributed by atoms with Crippen molar-refractivity contribution in [2.24, 2.45) is 0 Å². The Morgan fingerprint density at radius 3 is 2.48 bits per heavy atom. The number of para-hydroxylation sites is 2. The maximum Gasteiger partial charge on any atom is 0.248 e. The van der Waals surface area contributed by atoms with E-state index in [-0.39, 0.29) is 5.91 Å². The molecule has 0 spiro atoms.